The Hall–Kier alpha value is -3.31. The fourth-order valence-corrected chi connectivity index (χ4v) is 3.47. The first-order chi connectivity index (χ1) is 16.6. The highest BCUT2D eigenvalue weighted by atomic mass is 79.9. The van der Waals surface area contributed by atoms with Gasteiger partial charge in [-0.3, -0.25) is 15.5 Å². The van der Waals surface area contributed by atoms with Crippen LogP contribution in [0.2, 0.25) is 5.02 Å². The van der Waals surface area contributed by atoms with Gasteiger partial charge >= 0.3 is 6.18 Å². The fourth-order valence-electron chi connectivity index (χ4n) is 2.93. The van der Waals surface area contributed by atoms with Crippen molar-refractivity contribution in [1.29, 1.82) is 0 Å². The number of benzene rings is 3. The van der Waals surface area contributed by atoms with Gasteiger partial charge in [0.1, 0.15) is 12.3 Å². The number of hydrogen-bond donors (Lipinski definition) is 1. The first-order valence-electron chi connectivity index (χ1n) is 10.1. The second-order valence-electron chi connectivity index (χ2n) is 7.03. The monoisotopic (exact) mass is 571 g/mol. The normalized spacial score (nSPS) is 11.5. The van der Waals surface area contributed by atoms with Gasteiger partial charge in [0.25, 0.3) is 5.69 Å². The molecule has 12 heteroatoms. The topological polar surface area (TPSA) is 86.0 Å². The Bertz CT molecular complexity index is 1240. The highest BCUT2D eigenvalue weighted by Crippen LogP contribution is 2.37. The van der Waals surface area contributed by atoms with E-state index in [0.717, 1.165) is 22.2 Å². The predicted molar refractivity (Wildman–Crippen MR) is 130 cm³/mol. The summed E-state index contributed by atoms with van der Waals surface area (Å²) in [5.74, 6) is 0.694. The summed E-state index contributed by atoms with van der Waals surface area (Å²) >= 11 is 9.77. The Balaban J connectivity index is 1.79. The maximum Gasteiger partial charge on any atom is 0.416 e. The number of alkyl halides is 3. The van der Waals surface area contributed by atoms with Crippen LogP contribution in [-0.2, 0) is 12.8 Å². The molecule has 3 aromatic rings. The number of nitro benzene ring substituents is 1. The van der Waals surface area contributed by atoms with Crippen molar-refractivity contribution >= 4 is 45.1 Å². The van der Waals surface area contributed by atoms with Gasteiger partial charge in [-0.1, -0.05) is 39.7 Å². The molecule has 0 aromatic heterocycles. The van der Waals surface area contributed by atoms with Gasteiger partial charge in [-0.15, -0.1) is 0 Å². The molecule has 0 radical (unpaired) electrons. The molecule has 0 amide bonds. The summed E-state index contributed by atoms with van der Waals surface area (Å²) in [6, 6.07) is 12.8. The third-order valence-electron chi connectivity index (χ3n) is 4.55. The van der Waals surface area contributed by atoms with Gasteiger partial charge < -0.3 is 9.47 Å². The van der Waals surface area contributed by atoms with Crippen molar-refractivity contribution in [2.24, 2.45) is 5.10 Å². The molecule has 0 spiro atoms. The molecule has 35 heavy (non-hydrogen) atoms. The Morgan fingerprint density at radius 2 is 1.86 bits per heavy atom. The van der Waals surface area contributed by atoms with Gasteiger partial charge in [-0.2, -0.15) is 18.3 Å². The molecular weight excluding hydrogens is 555 g/mol. The van der Waals surface area contributed by atoms with E-state index in [1.54, 1.807) is 19.1 Å². The minimum Gasteiger partial charge on any atom is -0.490 e. The minimum atomic E-state index is -4.71. The van der Waals surface area contributed by atoms with E-state index in [1.165, 1.54) is 6.21 Å². The van der Waals surface area contributed by atoms with Crippen LogP contribution >= 0.6 is 27.5 Å². The van der Waals surface area contributed by atoms with Gasteiger partial charge in [-0.05, 0) is 54.4 Å². The zero-order chi connectivity index (χ0) is 25.6. The van der Waals surface area contributed by atoms with Crippen LogP contribution in [0.4, 0.5) is 24.5 Å². The van der Waals surface area contributed by atoms with Gasteiger partial charge in [0.05, 0.1) is 28.3 Å². The molecule has 3 rings (SSSR count). The van der Waals surface area contributed by atoms with Gasteiger partial charge in [-0.25, -0.2) is 0 Å². The SMILES string of the molecule is CCOc1cc(/C=N\Nc2ccc(C(F)(F)F)cc2[N+](=O)[O-])cc(Cl)c1OCc1ccc(Br)cc1. The van der Waals surface area contributed by atoms with Crippen molar-refractivity contribution in [2.75, 3.05) is 12.0 Å². The lowest BCUT2D eigenvalue weighted by Crippen LogP contribution is -2.06. The smallest absolute Gasteiger partial charge is 0.416 e. The zero-order valence-corrected chi connectivity index (χ0v) is 20.4. The van der Waals surface area contributed by atoms with E-state index in [-0.39, 0.29) is 17.3 Å². The largest absolute Gasteiger partial charge is 0.490 e. The van der Waals surface area contributed by atoms with Crippen LogP contribution in [0.25, 0.3) is 0 Å². The van der Waals surface area contributed by atoms with Crippen LogP contribution in [0.1, 0.15) is 23.6 Å². The Labute approximate surface area is 211 Å². The number of ether oxygens (including phenoxy) is 2. The van der Waals surface area contributed by atoms with Crippen molar-refractivity contribution in [2.45, 2.75) is 19.7 Å². The first-order valence-corrected chi connectivity index (χ1v) is 11.2. The van der Waals surface area contributed by atoms with Gasteiger partial charge in [0.2, 0.25) is 0 Å². The second kappa shape index (κ2) is 11.4. The maximum atomic E-state index is 12.9. The fraction of sp³-hybridized carbons (Fsp3) is 0.174. The third-order valence-corrected chi connectivity index (χ3v) is 5.36. The van der Waals surface area contributed by atoms with E-state index >= 15 is 0 Å². The van der Waals surface area contributed by atoms with Gasteiger partial charge in [0.15, 0.2) is 11.5 Å². The molecule has 1 N–H and O–H groups in total. The van der Waals surface area contributed by atoms with Crippen LogP contribution in [0, 0.1) is 10.1 Å². The second-order valence-corrected chi connectivity index (χ2v) is 8.36. The van der Waals surface area contributed by atoms with Crippen molar-refractivity contribution in [3.8, 4) is 11.5 Å². The number of hydrogen-bond acceptors (Lipinski definition) is 6. The highest BCUT2D eigenvalue weighted by Gasteiger charge is 2.33. The van der Waals surface area contributed by atoms with E-state index in [9.17, 15) is 23.3 Å². The molecule has 0 heterocycles. The number of halogens is 5. The maximum absolute atomic E-state index is 12.9. The highest BCUT2D eigenvalue weighted by molar-refractivity contribution is 9.10. The number of anilines is 1. The average Bonchev–Trinajstić information content (AvgIpc) is 2.79. The Morgan fingerprint density at radius 3 is 2.49 bits per heavy atom. The van der Waals surface area contributed by atoms with Crippen LogP contribution < -0.4 is 14.9 Å². The van der Waals surface area contributed by atoms with Crippen LogP contribution in [-0.4, -0.2) is 17.7 Å². The van der Waals surface area contributed by atoms with E-state index in [1.807, 2.05) is 24.3 Å². The molecule has 0 aliphatic heterocycles. The van der Waals surface area contributed by atoms with Crippen LogP contribution in [0.3, 0.4) is 0 Å². The molecule has 0 saturated carbocycles. The molecule has 0 fully saturated rings. The molecule has 0 bridgehead atoms. The Kier molecular flexibility index (Phi) is 8.57. The standard InChI is InChI=1S/C23H18BrClF3N3O4/c1-2-34-21-10-15(9-18(25)22(21)35-13-14-3-6-17(24)7-4-14)12-29-30-19-8-5-16(23(26,27)28)11-20(19)31(32)33/h3-12,30H,2,13H2,1H3/b29-12-. The minimum absolute atomic E-state index is 0.204. The first kappa shape index (κ1) is 26.3. The molecule has 0 atom stereocenters. The summed E-state index contributed by atoms with van der Waals surface area (Å²) in [4.78, 5) is 10.3. The number of hydrazone groups is 1. The quantitative estimate of drug-likeness (QED) is 0.163. The molecule has 0 saturated heterocycles. The van der Waals surface area contributed by atoms with Crippen molar-refractivity contribution in [3.63, 3.8) is 0 Å². The zero-order valence-electron chi connectivity index (χ0n) is 18.1. The van der Waals surface area contributed by atoms with E-state index in [2.05, 4.69) is 26.5 Å². The average molecular weight is 573 g/mol. The lowest BCUT2D eigenvalue weighted by molar-refractivity contribution is -0.384. The third kappa shape index (κ3) is 7.09. The number of nitro groups is 1. The molecule has 0 aliphatic rings. The molecule has 7 nitrogen and oxygen atoms in total. The predicted octanol–water partition coefficient (Wildman–Crippen LogP) is 7.45. The van der Waals surface area contributed by atoms with Crippen LogP contribution in [0.5, 0.6) is 11.5 Å². The van der Waals surface area contributed by atoms with Gasteiger partial charge in [0, 0.05) is 10.5 Å². The van der Waals surface area contributed by atoms with Crippen LogP contribution in [0.15, 0.2) is 64.2 Å². The molecular formula is C23H18BrClF3N3O4. The summed E-state index contributed by atoms with van der Waals surface area (Å²) in [6.45, 7) is 2.37. The lowest BCUT2D eigenvalue weighted by Gasteiger charge is -2.14. The number of nitrogens with one attached hydrogen (secondary N) is 1. The summed E-state index contributed by atoms with van der Waals surface area (Å²) in [5.41, 5.74) is 1.69. The lowest BCUT2D eigenvalue weighted by atomic mass is 10.1. The molecule has 0 unspecified atom stereocenters. The van der Waals surface area contributed by atoms with Crippen molar-refractivity contribution in [3.05, 3.63) is 90.9 Å². The van der Waals surface area contributed by atoms with Crippen molar-refractivity contribution in [1.82, 2.24) is 0 Å². The van der Waals surface area contributed by atoms with E-state index in [0.29, 0.717) is 29.7 Å². The number of nitrogens with zero attached hydrogens (tertiary/aromatic N) is 2. The summed E-state index contributed by atoms with van der Waals surface area (Å²) < 4.78 is 51.0. The Morgan fingerprint density at radius 1 is 1.14 bits per heavy atom. The molecule has 184 valence electrons. The van der Waals surface area contributed by atoms with E-state index in [4.69, 9.17) is 21.1 Å². The number of rotatable bonds is 9. The summed E-state index contributed by atoms with van der Waals surface area (Å²) in [6.07, 6.45) is -3.41. The molecule has 3 aromatic carbocycles. The molecule has 0 aliphatic carbocycles. The summed E-state index contributed by atoms with van der Waals surface area (Å²) in [7, 11) is 0. The van der Waals surface area contributed by atoms with Crippen molar-refractivity contribution < 1.29 is 27.6 Å². The van der Waals surface area contributed by atoms with E-state index < -0.39 is 22.4 Å². The summed E-state index contributed by atoms with van der Waals surface area (Å²) in [5, 5.41) is 15.4.